The number of ether oxygens (including phenoxy) is 1. The second-order valence-corrected chi connectivity index (χ2v) is 4.86. The highest BCUT2D eigenvalue weighted by Crippen LogP contribution is 2.32. The zero-order chi connectivity index (χ0) is 13.5. The molecule has 0 spiro atoms. The van der Waals surface area contributed by atoms with Crippen molar-refractivity contribution < 1.29 is 9.53 Å². The van der Waals surface area contributed by atoms with Crippen molar-refractivity contribution in [3.05, 3.63) is 35.4 Å². The van der Waals surface area contributed by atoms with Gasteiger partial charge in [-0.2, -0.15) is 0 Å². The first kappa shape index (κ1) is 14.0. The average Bonchev–Trinajstić information content (AvgIpc) is 2.46. The molecule has 104 valence electrons. The molecule has 1 atom stereocenters. The van der Waals surface area contributed by atoms with Crippen molar-refractivity contribution in [3.8, 4) is 0 Å². The van der Waals surface area contributed by atoms with Crippen LogP contribution in [0.25, 0.3) is 0 Å². The molecule has 4 nitrogen and oxygen atoms in total. The Morgan fingerprint density at radius 3 is 3.11 bits per heavy atom. The van der Waals surface area contributed by atoms with Gasteiger partial charge in [0.15, 0.2) is 0 Å². The molecule has 1 aliphatic carbocycles. The summed E-state index contributed by atoms with van der Waals surface area (Å²) < 4.78 is 5.94. The lowest BCUT2D eigenvalue weighted by Gasteiger charge is -2.25. The van der Waals surface area contributed by atoms with E-state index in [0.717, 1.165) is 19.3 Å². The van der Waals surface area contributed by atoms with Gasteiger partial charge in [0.25, 0.3) is 0 Å². The Morgan fingerprint density at radius 1 is 1.42 bits per heavy atom. The van der Waals surface area contributed by atoms with Crippen LogP contribution in [0.15, 0.2) is 24.3 Å². The lowest BCUT2D eigenvalue weighted by molar-refractivity contribution is -0.119. The maximum Gasteiger partial charge on any atom is 0.233 e. The Kier molecular flexibility index (Phi) is 5.36. The molecule has 0 bridgehead atoms. The Labute approximate surface area is 114 Å². The Bertz CT molecular complexity index is 420. The highest BCUT2D eigenvalue weighted by molar-refractivity contribution is 5.77. The lowest BCUT2D eigenvalue weighted by Crippen LogP contribution is -2.31. The van der Waals surface area contributed by atoms with Gasteiger partial charge in [-0.1, -0.05) is 24.3 Å². The second kappa shape index (κ2) is 7.26. The third-order valence-corrected chi connectivity index (χ3v) is 3.46. The van der Waals surface area contributed by atoms with Crippen LogP contribution in [-0.4, -0.2) is 25.6 Å². The van der Waals surface area contributed by atoms with E-state index >= 15 is 0 Å². The first-order chi connectivity index (χ1) is 9.31. The summed E-state index contributed by atoms with van der Waals surface area (Å²) in [4.78, 5) is 11.0. The largest absolute Gasteiger partial charge is 0.373 e. The molecule has 1 amide bonds. The molecular weight excluding hydrogens is 240 g/mol. The summed E-state index contributed by atoms with van der Waals surface area (Å²) in [5.74, 6) is -0.108. The zero-order valence-corrected chi connectivity index (χ0v) is 11.2. The predicted octanol–water partition coefficient (Wildman–Crippen LogP) is 1.55. The van der Waals surface area contributed by atoms with Crippen LogP contribution in [0.4, 0.5) is 0 Å². The monoisotopic (exact) mass is 262 g/mol. The summed E-state index contributed by atoms with van der Waals surface area (Å²) in [5.41, 5.74) is 7.96. The Balaban J connectivity index is 1.74. The number of amides is 1. The molecule has 4 heteroatoms. The quantitative estimate of drug-likeness (QED) is 0.764. The smallest absolute Gasteiger partial charge is 0.233 e. The average molecular weight is 262 g/mol. The van der Waals surface area contributed by atoms with Gasteiger partial charge in [0, 0.05) is 13.2 Å². The molecule has 1 aromatic rings. The fourth-order valence-electron chi connectivity index (χ4n) is 2.48. The molecule has 1 unspecified atom stereocenters. The molecule has 3 N–H and O–H groups in total. The first-order valence-electron chi connectivity index (χ1n) is 6.97. The minimum Gasteiger partial charge on any atom is -0.373 e. The molecule has 0 aliphatic heterocycles. The molecule has 19 heavy (non-hydrogen) atoms. The van der Waals surface area contributed by atoms with Crippen LogP contribution in [0, 0.1) is 0 Å². The fourth-order valence-corrected chi connectivity index (χ4v) is 2.48. The van der Waals surface area contributed by atoms with Crippen LogP contribution in [0.2, 0.25) is 0 Å². The molecule has 0 saturated carbocycles. The van der Waals surface area contributed by atoms with E-state index in [2.05, 4.69) is 29.6 Å². The molecule has 0 saturated heterocycles. The van der Waals surface area contributed by atoms with Crippen LogP contribution in [0.1, 0.15) is 36.5 Å². The number of hydrogen-bond acceptors (Lipinski definition) is 3. The molecule has 0 radical (unpaired) electrons. The van der Waals surface area contributed by atoms with Crippen molar-refractivity contribution in [2.75, 3.05) is 19.7 Å². The van der Waals surface area contributed by atoms with E-state index in [9.17, 15) is 4.79 Å². The van der Waals surface area contributed by atoms with Crippen LogP contribution in [0.5, 0.6) is 0 Å². The third kappa shape index (κ3) is 4.04. The van der Waals surface area contributed by atoms with Gasteiger partial charge < -0.3 is 15.8 Å². The fraction of sp³-hybridized carbons (Fsp3) is 0.533. The summed E-state index contributed by atoms with van der Waals surface area (Å²) in [6, 6.07) is 8.51. The molecule has 0 fully saturated rings. The molecule has 1 aliphatic rings. The standard InChI is InChI=1S/C15H22N2O2/c16-11-15(18)17-9-4-10-19-14-8-3-6-12-5-1-2-7-13(12)14/h1-2,5,7,14H,3-4,6,8-11,16H2,(H,17,18). The van der Waals surface area contributed by atoms with Gasteiger partial charge in [-0.25, -0.2) is 0 Å². The summed E-state index contributed by atoms with van der Waals surface area (Å²) in [5, 5.41) is 2.75. The number of rotatable bonds is 6. The number of hydrogen-bond donors (Lipinski definition) is 2. The van der Waals surface area contributed by atoms with Crippen molar-refractivity contribution in [1.29, 1.82) is 0 Å². The summed E-state index contributed by atoms with van der Waals surface area (Å²) >= 11 is 0. The normalized spacial score (nSPS) is 17.8. The summed E-state index contributed by atoms with van der Waals surface area (Å²) in [7, 11) is 0. The van der Waals surface area contributed by atoms with E-state index in [1.54, 1.807) is 0 Å². The van der Waals surface area contributed by atoms with E-state index in [-0.39, 0.29) is 18.6 Å². The Hall–Kier alpha value is -1.39. The second-order valence-electron chi connectivity index (χ2n) is 4.86. The van der Waals surface area contributed by atoms with Crippen molar-refractivity contribution >= 4 is 5.91 Å². The van der Waals surface area contributed by atoms with Gasteiger partial charge in [0.05, 0.1) is 12.6 Å². The lowest BCUT2D eigenvalue weighted by atomic mass is 9.89. The molecular formula is C15H22N2O2. The van der Waals surface area contributed by atoms with E-state index in [1.165, 1.54) is 17.5 Å². The maximum absolute atomic E-state index is 11.0. The summed E-state index contributed by atoms with van der Waals surface area (Å²) in [6.45, 7) is 1.35. The van der Waals surface area contributed by atoms with Gasteiger partial charge in [0.2, 0.25) is 5.91 Å². The predicted molar refractivity (Wildman–Crippen MR) is 74.8 cm³/mol. The number of fused-ring (bicyclic) bond motifs is 1. The van der Waals surface area contributed by atoms with Crippen molar-refractivity contribution in [3.63, 3.8) is 0 Å². The van der Waals surface area contributed by atoms with E-state index in [4.69, 9.17) is 10.5 Å². The molecule has 1 aromatic carbocycles. The number of nitrogens with one attached hydrogen (secondary N) is 1. The van der Waals surface area contributed by atoms with Gasteiger partial charge in [-0.3, -0.25) is 4.79 Å². The minimum absolute atomic E-state index is 0.0524. The van der Waals surface area contributed by atoms with Crippen LogP contribution in [-0.2, 0) is 16.0 Å². The van der Waals surface area contributed by atoms with Crippen LogP contribution in [0.3, 0.4) is 0 Å². The number of benzene rings is 1. The number of aryl methyl sites for hydroxylation is 1. The van der Waals surface area contributed by atoms with E-state index in [1.807, 2.05) is 0 Å². The van der Waals surface area contributed by atoms with Gasteiger partial charge in [0.1, 0.15) is 0 Å². The van der Waals surface area contributed by atoms with Gasteiger partial charge in [-0.15, -0.1) is 0 Å². The molecule has 2 rings (SSSR count). The highest BCUT2D eigenvalue weighted by Gasteiger charge is 2.19. The Morgan fingerprint density at radius 2 is 2.26 bits per heavy atom. The van der Waals surface area contributed by atoms with Crippen molar-refractivity contribution in [1.82, 2.24) is 5.32 Å². The number of carbonyl (C=O) groups excluding carboxylic acids is 1. The number of nitrogens with two attached hydrogens (primary N) is 1. The van der Waals surface area contributed by atoms with Gasteiger partial charge in [-0.05, 0) is 36.8 Å². The molecule has 0 heterocycles. The summed E-state index contributed by atoms with van der Waals surface area (Å²) in [6.07, 6.45) is 4.47. The minimum atomic E-state index is -0.108. The number of carbonyl (C=O) groups is 1. The van der Waals surface area contributed by atoms with Gasteiger partial charge >= 0.3 is 0 Å². The maximum atomic E-state index is 11.0. The third-order valence-electron chi connectivity index (χ3n) is 3.46. The van der Waals surface area contributed by atoms with Crippen molar-refractivity contribution in [2.24, 2.45) is 5.73 Å². The van der Waals surface area contributed by atoms with E-state index < -0.39 is 0 Å². The van der Waals surface area contributed by atoms with Crippen LogP contribution >= 0.6 is 0 Å². The van der Waals surface area contributed by atoms with Crippen LogP contribution < -0.4 is 11.1 Å². The SMILES string of the molecule is NCC(=O)NCCCOC1CCCc2ccccc21. The zero-order valence-electron chi connectivity index (χ0n) is 11.2. The van der Waals surface area contributed by atoms with Crippen molar-refractivity contribution in [2.45, 2.75) is 31.8 Å². The highest BCUT2D eigenvalue weighted by atomic mass is 16.5. The van der Waals surface area contributed by atoms with E-state index in [0.29, 0.717) is 13.2 Å². The first-order valence-corrected chi connectivity index (χ1v) is 6.97. The topological polar surface area (TPSA) is 64.4 Å². The molecule has 0 aromatic heterocycles.